The summed E-state index contributed by atoms with van der Waals surface area (Å²) in [5.74, 6) is 0.299. The number of likely N-dealkylation sites (N-methyl/N-ethyl adjacent to an activating group) is 1. The molecule has 0 bridgehead atoms. The Bertz CT molecular complexity index is 674. The van der Waals surface area contributed by atoms with Gasteiger partial charge in [-0.25, -0.2) is 0 Å². The topological polar surface area (TPSA) is 23.5 Å². The Hall–Kier alpha value is -1.03. The maximum absolute atomic E-state index is 10.0. The number of phenolic OH excluding ortho intramolecular Hbond substituents is 1. The molecule has 2 aromatic rings. The minimum atomic E-state index is 0.243. The van der Waals surface area contributed by atoms with E-state index in [1.165, 1.54) is 11.1 Å². The van der Waals surface area contributed by atoms with Gasteiger partial charge in [-0.1, -0.05) is 29.8 Å². The Morgan fingerprint density at radius 1 is 1.33 bits per heavy atom. The molecular formula is C17H17BrClNO. The maximum atomic E-state index is 10.0. The van der Waals surface area contributed by atoms with Gasteiger partial charge in [0.05, 0.1) is 4.47 Å². The molecule has 2 aromatic carbocycles. The second kappa shape index (κ2) is 5.99. The van der Waals surface area contributed by atoms with Crippen molar-refractivity contribution in [1.29, 1.82) is 0 Å². The molecule has 4 heteroatoms. The zero-order valence-electron chi connectivity index (χ0n) is 11.8. The number of hydrogen-bond donors (Lipinski definition) is 1. The molecule has 3 rings (SSSR count). The molecule has 1 aliphatic rings. The lowest BCUT2D eigenvalue weighted by molar-refractivity contribution is 0.229. The van der Waals surface area contributed by atoms with Crippen LogP contribution in [0.2, 0.25) is 5.02 Å². The molecule has 1 heterocycles. The Morgan fingerprint density at radius 3 is 2.86 bits per heavy atom. The summed E-state index contributed by atoms with van der Waals surface area (Å²) in [6.07, 6.45) is 1.86. The van der Waals surface area contributed by atoms with Crippen LogP contribution in [-0.2, 0) is 12.8 Å². The van der Waals surface area contributed by atoms with Crippen molar-refractivity contribution in [2.75, 3.05) is 13.6 Å². The third kappa shape index (κ3) is 2.96. The molecule has 0 aliphatic carbocycles. The lowest BCUT2D eigenvalue weighted by atomic mass is 9.89. The van der Waals surface area contributed by atoms with E-state index in [4.69, 9.17) is 11.6 Å². The Labute approximate surface area is 138 Å². The Balaban J connectivity index is 1.99. The number of halogens is 2. The molecule has 0 amide bonds. The van der Waals surface area contributed by atoms with E-state index < -0.39 is 0 Å². The highest BCUT2D eigenvalue weighted by Gasteiger charge is 2.26. The predicted octanol–water partition coefficient (Wildman–Crippen LogP) is 4.58. The monoisotopic (exact) mass is 365 g/mol. The molecule has 0 radical (unpaired) electrons. The third-order valence-electron chi connectivity index (χ3n) is 4.20. The second-order valence-corrected chi connectivity index (χ2v) is 6.81. The van der Waals surface area contributed by atoms with Crippen LogP contribution in [0.15, 0.2) is 40.9 Å². The fourth-order valence-electron chi connectivity index (χ4n) is 2.97. The van der Waals surface area contributed by atoms with Crippen molar-refractivity contribution in [3.05, 3.63) is 62.6 Å². The van der Waals surface area contributed by atoms with Gasteiger partial charge in [0.15, 0.2) is 0 Å². The van der Waals surface area contributed by atoms with E-state index in [1.54, 1.807) is 0 Å². The van der Waals surface area contributed by atoms with Gasteiger partial charge in [0.2, 0.25) is 0 Å². The highest BCUT2D eigenvalue weighted by atomic mass is 79.9. The summed E-state index contributed by atoms with van der Waals surface area (Å²) in [6, 6.07) is 12.1. The number of hydrogen-bond acceptors (Lipinski definition) is 2. The van der Waals surface area contributed by atoms with E-state index >= 15 is 0 Å². The third-order valence-corrected chi connectivity index (χ3v) is 5.21. The summed E-state index contributed by atoms with van der Waals surface area (Å²) in [5, 5.41) is 10.8. The van der Waals surface area contributed by atoms with Crippen LogP contribution in [0.1, 0.15) is 22.7 Å². The van der Waals surface area contributed by atoms with E-state index in [0.29, 0.717) is 5.75 Å². The number of nitrogens with zero attached hydrogens (tertiary/aromatic N) is 1. The van der Waals surface area contributed by atoms with Crippen LogP contribution >= 0.6 is 27.5 Å². The van der Waals surface area contributed by atoms with Gasteiger partial charge in [0, 0.05) is 17.6 Å². The summed E-state index contributed by atoms with van der Waals surface area (Å²) in [7, 11) is 2.13. The summed E-state index contributed by atoms with van der Waals surface area (Å²) >= 11 is 9.70. The summed E-state index contributed by atoms with van der Waals surface area (Å²) in [6.45, 7) is 1.01. The summed E-state index contributed by atoms with van der Waals surface area (Å²) in [5.41, 5.74) is 3.64. The molecule has 1 N–H and O–H groups in total. The molecule has 2 nitrogen and oxygen atoms in total. The number of phenols is 1. The lowest BCUT2D eigenvalue weighted by Crippen LogP contribution is -2.33. The lowest BCUT2D eigenvalue weighted by Gasteiger charge is -2.35. The van der Waals surface area contributed by atoms with Gasteiger partial charge in [-0.15, -0.1) is 0 Å². The molecule has 1 atom stereocenters. The van der Waals surface area contributed by atoms with E-state index in [-0.39, 0.29) is 6.04 Å². The van der Waals surface area contributed by atoms with Gasteiger partial charge < -0.3 is 5.11 Å². The molecule has 1 aliphatic heterocycles. The summed E-state index contributed by atoms with van der Waals surface area (Å²) in [4.78, 5) is 2.33. The van der Waals surface area contributed by atoms with Crippen molar-refractivity contribution < 1.29 is 5.11 Å². The zero-order chi connectivity index (χ0) is 15.0. The molecule has 0 aromatic heterocycles. The van der Waals surface area contributed by atoms with Gasteiger partial charge in [-0.2, -0.15) is 0 Å². The molecule has 0 saturated carbocycles. The van der Waals surface area contributed by atoms with E-state index in [2.05, 4.69) is 33.9 Å². The smallest absolute Gasteiger partial charge is 0.130 e. The zero-order valence-corrected chi connectivity index (χ0v) is 14.2. The van der Waals surface area contributed by atoms with Crippen LogP contribution in [0.3, 0.4) is 0 Å². The molecule has 0 spiro atoms. The first-order valence-electron chi connectivity index (χ1n) is 7.01. The van der Waals surface area contributed by atoms with Gasteiger partial charge in [-0.3, -0.25) is 4.90 Å². The minimum Gasteiger partial charge on any atom is -0.507 e. The first kappa shape index (κ1) is 14.9. The van der Waals surface area contributed by atoms with Crippen LogP contribution < -0.4 is 0 Å². The first-order valence-corrected chi connectivity index (χ1v) is 8.18. The average Bonchev–Trinajstić information content (AvgIpc) is 2.46. The van der Waals surface area contributed by atoms with Crippen molar-refractivity contribution in [2.45, 2.75) is 18.9 Å². The molecule has 1 unspecified atom stereocenters. The SMILES string of the molecule is CN1CCc2cc(Br)c(O)cc2C1Cc1ccccc1Cl. The van der Waals surface area contributed by atoms with E-state index in [9.17, 15) is 5.11 Å². The van der Waals surface area contributed by atoms with Crippen LogP contribution in [0.25, 0.3) is 0 Å². The minimum absolute atomic E-state index is 0.243. The number of rotatable bonds is 2. The standard InChI is InChI=1S/C17H17BrClNO/c1-20-7-6-11-8-14(18)17(21)10-13(11)16(20)9-12-4-2-3-5-15(12)19/h2-5,8,10,16,21H,6-7,9H2,1H3. The maximum Gasteiger partial charge on any atom is 0.130 e. The predicted molar refractivity (Wildman–Crippen MR) is 90.0 cm³/mol. The molecule has 110 valence electrons. The van der Waals surface area contributed by atoms with Crippen LogP contribution in [0.4, 0.5) is 0 Å². The van der Waals surface area contributed by atoms with Crippen molar-refractivity contribution >= 4 is 27.5 Å². The number of benzene rings is 2. The molecular weight excluding hydrogens is 350 g/mol. The Kier molecular flexibility index (Phi) is 4.25. The van der Waals surface area contributed by atoms with Crippen molar-refractivity contribution in [1.82, 2.24) is 4.90 Å². The molecule has 21 heavy (non-hydrogen) atoms. The van der Waals surface area contributed by atoms with Crippen LogP contribution in [0, 0.1) is 0 Å². The van der Waals surface area contributed by atoms with Gasteiger partial charge in [0.25, 0.3) is 0 Å². The number of fused-ring (bicyclic) bond motifs is 1. The fraction of sp³-hybridized carbons (Fsp3) is 0.294. The highest BCUT2D eigenvalue weighted by Crippen LogP contribution is 2.37. The second-order valence-electron chi connectivity index (χ2n) is 5.54. The van der Waals surface area contributed by atoms with Gasteiger partial charge in [0.1, 0.15) is 5.75 Å². The van der Waals surface area contributed by atoms with Gasteiger partial charge >= 0.3 is 0 Å². The van der Waals surface area contributed by atoms with Crippen LogP contribution in [0.5, 0.6) is 5.75 Å². The highest BCUT2D eigenvalue weighted by molar-refractivity contribution is 9.10. The van der Waals surface area contributed by atoms with Crippen molar-refractivity contribution in [2.24, 2.45) is 0 Å². The average molecular weight is 367 g/mol. The summed E-state index contributed by atoms with van der Waals surface area (Å²) < 4.78 is 0.766. The number of aromatic hydroxyl groups is 1. The normalized spacial score (nSPS) is 18.5. The largest absolute Gasteiger partial charge is 0.507 e. The fourth-order valence-corrected chi connectivity index (χ4v) is 3.58. The Morgan fingerprint density at radius 2 is 2.10 bits per heavy atom. The quantitative estimate of drug-likeness (QED) is 0.841. The molecule has 0 fully saturated rings. The van der Waals surface area contributed by atoms with Crippen molar-refractivity contribution in [3.8, 4) is 5.75 Å². The van der Waals surface area contributed by atoms with E-state index in [1.807, 2.05) is 30.3 Å². The van der Waals surface area contributed by atoms with Crippen molar-refractivity contribution in [3.63, 3.8) is 0 Å². The van der Waals surface area contributed by atoms with E-state index in [0.717, 1.165) is 34.4 Å². The van der Waals surface area contributed by atoms with Gasteiger partial charge in [-0.05, 0) is 70.7 Å². The molecule has 0 saturated heterocycles. The van der Waals surface area contributed by atoms with Crippen LogP contribution in [-0.4, -0.2) is 23.6 Å². The first-order chi connectivity index (χ1) is 10.1.